The van der Waals surface area contributed by atoms with Crippen LogP contribution in [0.15, 0.2) is 42.0 Å². The number of piperidine rings is 1. The number of halogens is 2. The quantitative estimate of drug-likeness (QED) is 0.236. The molecule has 1 aliphatic rings. The zero-order valence-electron chi connectivity index (χ0n) is 16.5. The van der Waals surface area contributed by atoms with E-state index in [1.54, 1.807) is 12.1 Å². The number of aromatic amines is 1. The summed E-state index contributed by atoms with van der Waals surface area (Å²) in [4.78, 5) is 10.3. The molecule has 0 saturated carbocycles. The molecule has 1 aromatic heterocycles. The fourth-order valence-corrected chi connectivity index (χ4v) is 3.60. The highest BCUT2D eigenvalue weighted by molar-refractivity contribution is 14.0. The Morgan fingerprint density at radius 3 is 2.89 bits per heavy atom. The van der Waals surface area contributed by atoms with E-state index in [1.807, 2.05) is 12.3 Å². The first kappa shape index (κ1) is 22.7. The van der Waals surface area contributed by atoms with Gasteiger partial charge in [0.15, 0.2) is 5.96 Å². The standard InChI is InChI=1S/C21H30FN5.HI/c1-3-11-27-12-8-18(9-13-27)26-21(23-4-2)24-10-7-16-15-25-20-6-5-17(22)14-19(16)20;/h3,5-6,14-15,18,25H,1,4,7-13H2,2H3,(H2,23,24,26);1H. The van der Waals surface area contributed by atoms with Gasteiger partial charge in [-0.1, -0.05) is 6.08 Å². The minimum absolute atomic E-state index is 0. The number of aliphatic imine (C=N–C) groups is 1. The van der Waals surface area contributed by atoms with Gasteiger partial charge in [0.05, 0.1) is 0 Å². The summed E-state index contributed by atoms with van der Waals surface area (Å²) in [6.45, 7) is 10.5. The molecular formula is C21H31FIN5. The minimum Gasteiger partial charge on any atom is -0.361 e. The Morgan fingerprint density at radius 2 is 2.18 bits per heavy atom. The molecule has 0 amide bonds. The largest absolute Gasteiger partial charge is 0.361 e. The maximum atomic E-state index is 13.5. The maximum Gasteiger partial charge on any atom is 0.191 e. The van der Waals surface area contributed by atoms with Crippen molar-refractivity contribution in [1.29, 1.82) is 0 Å². The van der Waals surface area contributed by atoms with Crippen LogP contribution in [0.25, 0.3) is 10.9 Å². The van der Waals surface area contributed by atoms with Crippen LogP contribution in [0.4, 0.5) is 4.39 Å². The third kappa shape index (κ3) is 6.20. The molecule has 0 atom stereocenters. The summed E-state index contributed by atoms with van der Waals surface area (Å²) in [5, 5.41) is 7.84. The van der Waals surface area contributed by atoms with Gasteiger partial charge in [-0.15, -0.1) is 30.6 Å². The molecule has 0 spiro atoms. The lowest BCUT2D eigenvalue weighted by Crippen LogP contribution is -2.48. The fourth-order valence-electron chi connectivity index (χ4n) is 3.60. The van der Waals surface area contributed by atoms with E-state index < -0.39 is 0 Å². The summed E-state index contributed by atoms with van der Waals surface area (Å²) < 4.78 is 13.5. The Kier molecular flexibility index (Phi) is 9.24. The molecule has 1 fully saturated rings. The van der Waals surface area contributed by atoms with Crippen molar-refractivity contribution >= 4 is 40.8 Å². The molecule has 7 heteroatoms. The second-order valence-electron chi connectivity index (χ2n) is 7.02. The monoisotopic (exact) mass is 499 g/mol. The fraction of sp³-hybridized carbons (Fsp3) is 0.476. The Balaban J connectivity index is 0.00000280. The van der Waals surface area contributed by atoms with Crippen molar-refractivity contribution in [3.63, 3.8) is 0 Å². The number of nitrogens with zero attached hydrogens (tertiary/aromatic N) is 2. The molecule has 0 bridgehead atoms. The smallest absolute Gasteiger partial charge is 0.191 e. The lowest BCUT2D eigenvalue weighted by Gasteiger charge is -2.32. The average molecular weight is 499 g/mol. The highest BCUT2D eigenvalue weighted by Crippen LogP contribution is 2.19. The van der Waals surface area contributed by atoms with Crippen LogP contribution >= 0.6 is 24.0 Å². The number of likely N-dealkylation sites (tertiary alicyclic amines) is 1. The van der Waals surface area contributed by atoms with Crippen LogP contribution in [0.3, 0.4) is 0 Å². The molecule has 154 valence electrons. The van der Waals surface area contributed by atoms with Gasteiger partial charge in [-0.3, -0.25) is 9.89 Å². The number of hydrogen-bond donors (Lipinski definition) is 3. The van der Waals surface area contributed by atoms with Crippen LogP contribution in [-0.2, 0) is 6.42 Å². The number of benzene rings is 1. The van der Waals surface area contributed by atoms with Gasteiger partial charge in [-0.25, -0.2) is 4.39 Å². The van der Waals surface area contributed by atoms with E-state index in [2.05, 4.69) is 34.0 Å². The van der Waals surface area contributed by atoms with Gasteiger partial charge < -0.3 is 15.6 Å². The van der Waals surface area contributed by atoms with Gasteiger partial charge in [0.2, 0.25) is 0 Å². The predicted molar refractivity (Wildman–Crippen MR) is 126 cm³/mol. The Morgan fingerprint density at radius 1 is 1.39 bits per heavy atom. The van der Waals surface area contributed by atoms with Crippen molar-refractivity contribution < 1.29 is 4.39 Å². The van der Waals surface area contributed by atoms with Gasteiger partial charge in [0.25, 0.3) is 0 Å². The van der Waals surface area contributed by atoms with Crippen LogP contribution < -0.4 is 10.6 Å². The summed E-state index contributed by atoms with van der Waals surface area (Å²) in [5.41, 5.74) is 2.06. The van der Waals surface area contributed by atoms with E-state index in [1.165, 1.54) is 6.07 Å². The second kappa shape index (κ2) is 11.4. The number of guanidine groups is 1. The maximum absolute atomic E-state index is 13.5. The van der Waals surface area contributed by atoms with Crippen molar-refractivity contribution in [3.8, 4) is 0 Å². The summed E-state index contributed by atoms with van der Waals surface area (Å²) in [5.74, 6) is 0.662. The van der Waals surface area contributed by atoms with Crippen molar-refractivity contribution in [2.75, 3.05) is 32.7 Å². The minimum atomic E-state index is -0.204. The van der Waals surface area contributed by atoms with Crippen molar-refractivity contribution in [3.05, 3.63) is 48.4 Å². The third-order valence-electron chi connectivity index (χ3n) is 5.04. The Labute approximate surface area is 183 Å². The predicted octanol–water partition coefficient (Wildman–Crippen LogP) is 3.67. The zero-order valence-corrected chi connectivity index (χ0v) is 18.8. The van der Waals surface area contributed by atoms with E-state index in [4.69, 9.17) is 4.99 Å². The highest BCUT2D eigenvalue weighted by Gasteiger charge is 2.19. The number of fused-ring (bicyclic) bond motifs is 1. The number of rotatable bonds is 7. The summed E-state index contributed by atoms with van der Waals surface area (Å²) >= 11 is 0. The van der Waals surface area contributed by atoms with Gasteiger partial charge in [0.1, 0.15) is 5.82 Å². The first-order chi connectivity index (χ1) is 13.2. The topological polar surface area (TPSA) is 55.5 Å². The van der Waals surface area contributed by atoms with Gasteiger partial charge in [-0.2, -0.15) is 0 Å². The van der Waals surface area contributed by atoms with Crippen LogP contribution in [0.1, 0.15) is 25.3 Å². The molecule has 0 aliphatic carbocycles. The molecule has 28 heavy (non-hydrogen) atoms. The van der Waals surface area contributed by atoms with Gasteiger partial charge >= 0.3 is 0 Å². The molecule has 2 heterocycles. The lowest BCUT2D eigenvalue weighted by atomic mass is 10.1. The normalized spacial score (nSPS) is 16.0. The second-order valence-corrected chi connectivity index (χ2v) is 7.02. The molecule has 2 aromatic rings. The summed E-state index contributed by atoms with van der Waals surface area (Å²) in [6, 6.07) is 5.30. The lowest BCUT2D eigenvalue weighted by molar-refractivity contribution is 0.225. The van der Waals surface area contributed by atoms with Crippen LogP contribution in [0.2, 0.25) is 0 Å². The van der Waals surface area contributed by atoms with E-state index in [0.717, 1.165) is 67.9 Å². The van der Waals surface area contributed by atoms with Crippen molar-refractivity contribution in [1.82, 2.24) is 20.5 Å². The van der Waals surface area contributed by atoms with Gasteiger partial charge in [-0.05, 0) is 49.9 Å². The first-order valence-electron chi connectivity index (χ1n) is 9.83. The highest BCUT2D eigenvalue weighted by atomic mass is 127. The van der Waals surface area contributed by atoms with Crippen LogP contribution in [0, 0.1) is 5.82 Å². The van der Waals surface area contributed by atoms with Crippen LogP contribution in [0.5, 0.6) is 0 Å². The SMILES string of the molecule is C=CCN1CCC(NC(=NCCc2c[nH]c3ccc(F)cc23)NCC)CC1.I. The van der Waals surface area contributed by atoms with E-state index in [9.17, 15) is 4.39 Å². The van der Waals surface area contributed by atoms with Crippen LogP contribution in [-0.4, -0.2) is 54.6 Å². The summed E-state index contributed by atoms with van der Waals surface area (Å²) in [7, 11) is 0. The Hall–Kier alpha value is -1.61. The number of nitrogens with one attached hydrogen (secondary N) is 3. The summed E-state index contributed by atoms with van der Waals surface area (Å²) in [6.07, 6.45) is 6.92. The molecule has 0 unspecified atom stereocenters. The molecule has 0 radical (unpaired) electrons. The van der Waals surface area contributed by atoms with E-state index >= 15 is 0 Å². The van der Waals surface area contributed by atoms with E-state index in [-0.39, 0.29) is 29.8 Å². The number of aromatic nitrogens is 1. The van der Waals surface area contributed by atoms with E-state index in [0.29, 0.717) is 12.6 Å². The molecule has 1 saturated heterocycles. The third-order valence-corrected chi connectivity index (χ3v) is 5.04. The number of H-pyrrole nitrogens is 1. The molecular weight excluding hydrogens is 468 g/mol. The van der Waals surface area contributed by atoms with Crippen molar-refractivity contribution in [2.24, 2.45) is 4.99 Å². The molecule has 3 rings (SSSR count). The first-order valence-corrected chi connectivity index (χ1v) is 9.83. The van der Waals surface area contributed by atoms with Crippen molar-refractivity contribution in [2.45, 2.75) is 32.2 Å². The Bertz CT molecular complexity index is 780. The molecule has 1 aromatic carbocycles. The molecule has 1 aliphatic heterocycles. The molecule has 5 nitrogen and oxygen atoms in total. The van der Waals surface area contributed by atoms with Gasteiger partial charge in [0, 0.05) is 55.9 Å². The zero-order chi connectivity index (χ0) is 19.1. The molecule has 3 N–H and O–H groups in total. The average Bonchev–Trinajstić information content (AvgIpc) is 3.06. The number of hydrogen-bond acceptors (Lipinski definition) is 2.